The van der Waals surface area contributed by atoms with E-state index in [4.69, 9.17) is 4.74 Å². The second-order valence-corrected chi connectivity index (χ2v) is 10.1. The number of hydrogen-bond donors (Lipinski definition) is 0. The summed E-state index contributed by atoms with van der Waals surface area (Å²) in [6, 6.07) is 10.6. The third-order valence-corrected chi connectivity index (χ3v) is 8.92. The number of allylic oxidation sites excluding steroid dienone is 2. The molecule has 0 aliphatic heterocycles. The summed E-state index contributed by atoms with van der Waals surface area (Å²) in [7, 11) is 0. The fraction of sp³-hybridized carbons (Fsp3) is 0.680. The molecule has 3 fully saturated rings. The van der Waals surface area contributed by atoms with Crippen LogP contribution in [0.15, 0.2) is 42.5 Å². The minimum atomic E-state index is 0.338. The van der Waals surface area contributed by atoms with E-state index < -0.39 is 0 Å². The van der Waals surface area contributed by atoms with Crippen LogP contribution in [-0.2, 0) is 0 Å². The van der Waals surface area contributed by atoms with Gasteiger partial charge in [-0.05, 0) is 85.7 Å². The Hall–Kier alpha value is -1.24. The van der Waals surface area contributed by atoms with Crippen LogP contribution in [0, 0.1) is 34.5 Å². The summed E-state index contributed by atoms with van der Waals surface area (Å²) in [6.45, 7) is 5.17. The number of fused-ring (bicyclic) bond motifs is 5. The van der Waals surface area contributed by atoms with Crippen LogP contribution in [0.2, 0.25) is 0 Å². The molecular formula is C25H34O. The predicted octanol–water partition coefficient (Wildman–Crippen LogP) is 6.64. The monoisotopic (exact) mass is 350 g/mol. The van der Waals surface area contributed by atoms with E-state index in [1.807, 2.05) is 0 Å². The van der Waals surface area contributed by atoms with Gasteiger partial charge in [-0.2, -0.15) is 0 Å². The molecule has 0 bridgehead atoms. The maximum absolute atomic E-state index is 6.69. The first-order valence-electron chi connectivity index (χ1n) is 11.0. The third kappa shape index (κ3) is 2.49. The molecule has 1 heteroatoms. The van der Waals surface area contributed by atoms with E-state index in [-0.39, 0.29) is 0 Å². The van der Waals surface area contributed by atoms with Gasteiger partial charge in [0.15, 0.2) is 0 Å². The van der Waals surface area contributed by atoms with Gasteiger partial charge < -0.3 is 4.74 Å². The summed E-state index contributed by atoms with van der Waals surface area (Å²) in [4.78, 5) is 0. The Kier molecular flexibility index (Phi) is 3.99. The van der Waals surface area contributed by atoms with Crippen LogP contribution in [0.4, 0.5) is 0 Å². The molecule has 3 saturated carbocycles. The lowest BCUT2D eigenvalue weighted by Crippen LogP contribution is -2.56. The lowest BCUT2D eigenvalue weighted by Gasteiger charge is -2.60. The van der Waals surface area contributed by atoms with Crippen LogP contribution in [0.25, 0.3) is 0 Å². The average molecular weight is 351 g/mol. The molecule has 0 saturated heterocycles. The second kappa shape index (κ2) is 6.14. The fourth-order valence-corrected chi connectivity index (χ4v) is 7.65. The third-order valence-electron chi connectivity index (χ3n) is 8.92. The van der Waals surface area contributed by atoms with E-state index in [1.54, 1.807) is 0 Å². The van der Waals surface area contributed by atoms with Crippen molar-refractivity contribution in [1.82, 2.24) is 0 Å². The molecular weight excluding hydrogens is 316 g/mol. The molecule has 0 amide bonds. The van der Waals surface area contributed by atoms with E-state index in [9.17, 15) is 0 Å². The lowest BCUT2D eigenvalue weighted by molar-refractivity contribution is -0.115. The van der Waals surface area contributed by atoms with Crippen molar-refractivity contribution in [2.75, 3.05) is 0 Å². The molecule has 1 nitrogen and oxygen atoms in total. The zero-order chi connectivity index (χ0) is 17.8. The molecule has 4 aliphatic rings. The van der Waals surface area contributed by atoms with Gasteiger partial charge in [-0.25, -0.2) is 0 Å². The van der Waals surface area contributed by atoms with Crippen molar-refractivity contribution in [1.29, 1.82) is 0 Å². The highest BCUT2D eigenvalue weighted by Gasteiger charge is 2.59. The van der Waals surface area contributed by atoms with E-state index in [1.165, 1.54) is 51.4 Å². The van der Waals surface area contributed by atoms with E-state index in [0.717, 1.165) is 23.5 Å². The van der Waals surface area contributed by atoms with Gasteiger partial charge >= 0.3 is 0 Å². The second-order valence-electron chi connectivity index (χ2n) is 10.1. The quantitative estimate of drug-likeness (QED) is 0.543. The molecule has 4 aliphatic carbocycles. The Morgan fingerprint density at radius 3 is 2.62 bits per heavy atom. The van der Waals surface area contributed by atoms with Crippen LogP contribution in [0.3, 0.4) is 0 Å². The van der Waals surface area contributed by atoms with Crippen LogP contribution in [0.5, 0.6) is 5.75 Å². The molecule has 0 aromatic heterocycles. The molecule has 140 valence electrons. The Labute approximate surface area is 159 Å². The highest BCUT2D eigenvalue weighted by Crippen LogP contribution is 2.65. The molecule has 7 atom stereocenters. The largest absolute Gasteiger partial charge is 0.490 e. The average Bonchev–Trinajstić information content (AvgIpc) is 3.04. The smallest absolute Gasteiger partial charge is 0.119 e. The van der Waals surface area contributed by atoms with Crippen molar-refractivity contribution in [3.8, 4) is 5.75 Å². The van der Waals surface area contributed by atoms with Crippen LogP contribution in [-0.4, -0.2) is 6.10 Å². The molecule has 5 rings (SSSR count). The summed E-state index contributed by atoms with van der Waals surface area (Å²) in [5.74, 6) is 4.40. The Bertz CT molecular complexity index is 679. The first kappa shape index (κ1) is 16.9. The van der Waals surface area contributed by atoms with Gasteiger partial charge in [0.2, 0.25) is 0 Å². The molecule has 1 aromatic carbocycles. The molecule has 1 aromatic rings. The maximum atomic E-state index is 6.69. The van der Waals surface area contributed by atoms with Gasteiger partial charge in [0, 0.05) is 5.92 Å². The normalized spacial score (nSPS) is 46.9. The fourth-order valence-electron chi connectivity index (χ4n) is 7.65. The van der Waals surface area contributed by atoms with Gasteiger partial charge in [0.05, 0.1) is 0 Å². The number of benzene rings is 1. The van der Waals surface area contributed by atoms with Crippen molar-refractivity contribution in [3.05, 3.63) is 42.5 Å². The molecule has 2 unspecified atom stereocenters. The Morgan fingerprint density at radius 2 is 1.77 bits per heavy atom. The van der Waals surface area contributed by atoms with Crippen LogP contribution >= 0.6 is 0 Å². The van der Waals surface area contributed by atoms with E-state index >= 15 is 0 Å². The number of hydrogen-bond acceptors (Lipinski definition) is 1. The molecule has 26 heavy (non-hydrogen) atoms. The zero-order valence-corrected chi connectivity index (χ0v) is 16.5. The summed E-state index contributed by atoms with van der Waals surface area (Å²) >= 11 is 0. The summed E-state index contributed by atoms with van der Waals surface area (Å²) in [5.41, 5.74) is 0.949. The molecule has 0 N–H and O–H groups in total. The minimum Gasteiger partial charge on any atom is -0.490 e. The number of ether oxygens (including phenoxy) is 1. The van der Waals surface area contributed by atoms with Crippen molar-refractivity contribution in [3.63, 3.8) is 0 Å². The van der Waals surface area contributed by atoms with E-state index in [0.29, 0.717) is 22.9 Å². The number of rotatable bonds is 2. The van der Waals surface area contributed by atoms with Gasteiger partial charge in [-0.1, -0.05) is 50.6 Å². The predicted molar refractivity (Wildman–Crippen MR) is 107 cm³/mol. The minimum absolute atomic E-state index is 0.338. The maximum Gasteiger partial charge on any atom is 0.119 e. The highest BCUT2D eigenvalue weighted by atomic mass is 16.5. The number of para-hydroxylation sites is 1. The van der Waals surface area contributed by atoms with Crippen LogP contribution < -0.4 is 4.74 Å². The van der Waals surface area contributed by atoms with Gasteiger partial charge in [0.1, 0.15) is 11.9 Å². The molecule has 0 heterocycles. The van der Waals surface area contributed by atoms with Crippen molar-refractivity contribution >= 4 is 0 Å². The molecule has 0 spiro atoms. The Morgan fingerprint density at radius 1 is 0.923 bits per heavy atom. The lowest BCUT2D eigenvalue weighted by atomic mass is 9.46. The standard InChI is InChI=1S/C25H34O/c1-24-14-8-12-20(24)19-17-23(26-18-9-4-3-5-10-18)22-11-6-7-15-25(22,2)21(19)13-16-24/h3-5,7,9-10,15,19-23H,6,8,11-14,16-17H2,1-2H3/t19-,20-,21+,22?,23?,24-,25+/m0/s1. The van der Waals surface area contributed by atoms with Crippen molar-refractivity contribution < 1.29 is 4.74 Å². The van der Waals surface area contributed by atoms with Gasteiger partial charge in [0.25, 0.3) is 0 Å². The van der Waals surface area contributed by atoms with Crippen molar-refractivity contribution in [2.24, 2.45) is 34.5 Å². The first-order valence-corrected chi connectivity index (χ1v) is 11.0. The van der Waals surface area contributed by atoms with Gasteiger partial charge in [-0.3, -0.25) is 0 Å². The topological polar surface area (TPSA) is 9.23 Å². The zero-order valence-electron chi connectivity index (χ0n) is 16.5. The van der Waals surface area contributed by atoms with Crippen molar-refractivity contribution in [2.45, 2.75) is 71.3 Å². The summed E-state index contributed by atoms with van der Waals surface area (Å²) in [5, 5.41) is 0. The van der Waals surface area contributed by atoms with E-state index in [2.05, 4.69) is 56.3 Å². The molecule has 0 radical (unpaired) electrons. The SMILES string of the molecule is C[C@@]12CCC[C@H]1[C@@H]1CC(Oc3ccccc3)C3CCC=C[C@]3(C)[C@@H]1CC2. The Balaban J connectivity index is 1.50. The summed E-state index contributed by atoms with van der Waals surface area (Å²) in [6.07, 6.45) is 16.5. The van der Waals surface area contributed by atoms with Gasteiger partial charge in [-0.15, -0.1) is 0 Å². The van der Waals surface area contributed by atoms with Crippen LogP contribution in [0.1, 0.15) is 65.2 Å². The highest BCUT2D eigenvalue weighted by molar-refractivity contribution is 5.23. The first-order chi connectivity index (χ1) is 12.6. The summed E-state index contributed by atoms with van der Waals surface area (Å²) < 4.78 is 6.69.